The van der Waals surface area contributed by atoms with Crippen molar-refractivity contribution in [2.75, 3.05) is 5.32 Å². The van der Waals surface area contributed by atoms with Crippen LogP contribution in [0, 0.1) is 11.3 Å². The van der Waals surface area contributed by atoms with Crippen molar-refractivity contribution in [3.8, 4) is 17.3 Å². The molecule has 0 bridgehead atoms. The lowest BCUT2D eigenvalue weighted by Crippen LogP contribution is -2.08. The van der Waals surface area contributed by atoms with E-state index in [-0.39, 0.29) is 5.56 Å². The first-order valence-electron chi connectivity index (χ1n) is 6.32. The third-order valence-corrected chi connectivity index (χ3v) is 4.20. The van der Waals surface area contributed by atoms with Gasteiger partial charge in [0.05, 0.1) is 27.7 Å². The number of hydrogen-bond donors (Lipinski definition) is 3. The van der Waals surface area contributed by atoms with Crippen LogP contribution in [0.5, 0.6) is 0 Å². The minimum Gasteiger partial charge on any atom is -0.366 e. The molecule has 0 unspecified atom stereocenters. The zero-order valence-electron chi connectivity index (χ0n) is 11.2. The second-order valence-corrected chi connectivity index (χ2v) is 6.27. The molecule has 3 N–H and O–H groups in total. The monoisotopic (exact) mass is 331 g/mol. The molecule has 0 atom stereocenters. The van der Waals surface area contributed by atoms with Crippen molar-refractivity contribution in [3.63, 3.8) is 0 Å². The molecule has 0 amide bonds. The molecular weight excluding hydrogens is 322 g/mol. The molecule has 0 aliphatic rings. The van der Waals surface area contributed by atoms with Gasteiger partial charge in [0.1, 0.15) is 11.9 Å². The van der Waals surface area contributed by atoms with Gasteiger partial charge in [-0.3, -0.25) is 9.89 Å². The van der Waals surface area contributed by atoms with Gasteiger partial charge in [-0.1, -0.05) is 11.6 Å². The molecule has 3 aromatic heterocycles. The molecule has 0 saturated heterocycles. The maximum atomic E-state index is 11.8. The van der Waals surface area contributed by atoms with Gasteiger partial charge in [-0.2, -0.15) is 10.4 Å². The van der Waals surface area contributed by atoms with Crippen molar-refractivity contribution in [1.82, 2.24) is 15.2 Å². The van der Waals surface area contributed by atoms with Crippen molar-refractivity contribution >= 4 is 28.8 Å². The van der Waals surface area contributed by atoms with E-state index >= 15 is 0 Å². The van der Waals surface area contributed by atoms with E-state index < -0.39 is 0 Å². The van der Waals surface area contributed by atoms with E-state index in [0.717, 1.165) is 9.21 Å². The number of nitriles is 1. The highest BCUT2D eigenvalue weighted by Gasteiger charge is 2.09. The molecule has 0 aliphatic heterocycles. The number of nitrogens with zero attached hydrogens (tertiary/aromatic N) is 2. The van der Waals surface area contributed by atoms with Crippen LogP contribution in [0.4, 0.5) is 5.82 Å². The fraction of sp³-hybridized carbons (Fsp3) is 0.0714. The molecular formula is C14H10ClN5OS. The number of halogens is 1. The number of aromatic amines is 2. The Hall–Kier alpha value is -2.56. The van der Waals surface area contributed by atoms with Crippen LogP contribution >= 0.6 is 22.9 Å². The minimum atomic E-state index is -0.290. The van der Waals surface area contributed by atoms with Crippen molar-refractivity contribution < 1.29 is 0 Å². The molecule has 8 heteroatoms. The van der Waals surface area contributed by atoms with Gasteiger partial charge >= 0.3 is 0 Å². The average Bonchev–Trinajstić information content (AvgIpc) is 3.14. The Labute approximate surface area is 134 Å². The second-order valence-electron chi connectivity index (χ2n) is 4.47. The van der Waals surface area contributed by atoms with Gasteiger partial charge in [-0.25, -0.2) is 0 Å². The molecule has 110 valence electrons. The predicted molar refractivity (Wildman–Crippen MR) is 86.0 cm³/mol. The molecule has 3 rings (SSSR count). The highest BCUT2D eigenvalue weighted by atomic mass is 35.5. The van der Waals surface area contributed by atoms with E-state index in [2.05, 4.69) is 20.5 Å². The van der Waals surface area contributed by atoms with E-state index in [0.29, 0.717) is 29.2 Å². The summed E-state index contributed by atoms with van der Waals surface area (Å²) < 4.78 is 0.738. The van der Waals surface area contributed by atoms with Crippen LogP contribution in [0.1, 0.15) is 10.4 Å². The lowest BCUT2D eigenvalue weighted by Gasteiger charge is -1.99. The van der Waals surface area contributed by atoms with E-state index in [4.69, 9.17) is 16.9 Å². The highest BCUT2D eigenvalue weighted by molar-refractivity contribution is 7.16. The molecule has 22 heavy (non-hydrogen) atoms. The molecule has 0 spiro atoms. The van der Waals surface area contributed by atoms with Gasteiger partial charge in [0.15, 0.2) is 0 Å². The quantitative estimate of drug-likeness (QED) is 0.684. The predicted octanol–water partition coefficient (Wildman–Crippen LogP) is 2.96. The van der Waals surface area contributed by atoms with Gasteiger partial charge in [0.2, 0.25) is 0 Å². The summed E-state index contributed by atoms with van der Waals surface area (Å²) in [5.74, 6) is 0.682. The molecule has 0 aromatic carbocycles. The number of thiophene rings is 1. The summed E-state index contributed by atoms with van der Waals surface area (Å²) in [4.78, 5) is 15.4. The number of anilines is 1. The number of nitrogens with one attached hydrogen (secondary N) is 3. The van der Waals surface area contributed by atoms with Gasteiger partial charge in [-0.05, 0) is 18.2 Å². The first-order chi connectivity index (χ1) is 10.7. The van der Waals surface area contributed by atoms with E-state index in [1.165, 1.54) is 23.6 Å². The van der Waals surface area contributed by atoms with Crippen LogP contribution in [-0.2, 0) is 6.54 Å². The zero-order valence-corrected chi connectivity index (χ0v) is 12.8. The van der Waals surface area contributed by atoms with Crippen LogP contribution in [-0.4, -0.2) is 15.2 Å². The van der Waals surface area contributed by atoms with Crippen LogP contribution < -0.4 is 10.9 Å². The maximum absolute atomic E-state index is 11.8. The van der Waals surface area contributed by atoms with Crippen molar-refractivity contribution in [1.29, 1.82) is 5.26 Å². The van der Waals surface area contributed by atoms with Crippen LogP contribution in [0.15, 0.2) is 35.3 Å². The Balaban J connectivity index is 1.79. The fourth-order valence-electron chi connectivity index (χ4n) is 1.92. The number of H-pyrrole nitrogens is 2. The van der Waals surface area contributed by atoms with E-state index in [1.807, 2.05) is 18.2 Å². The minimum absolute atomic E-state index is 0.290. The third-order valence-electron chi connectivity index (χ3n) is 2.97. The van der Waals surface area contributed by atoms with Crippen LogP contribution in [0.3, 0.4) is 0 Å². The second kappa shape index (κ2) is 6.05. The lowest BCUT2D eigenvalue weighted by molar-refractivity contribution is 1.06. The van der Waals surface area contributed by atoms with E-state index in [9.17, 15) is 4.79 Å². The molecule has 3 aromatic rings. The molecule has 0 fully saturated rings. The summed E-state index contributed by atoms with van der Waals surface area (Å²) in [5, 5.41) is 19.0. The Kier molecular flexibility index (Phi) is 3.96. The molecule has 0 saturated carbocycles. The van der Waals surface area contributed by atoms with E-state index in [1.54, 1.807) is 6.07 Å². The topological polar surface area (TPSA) is 97.4 Å². The standard InChI is InChI=1S/C14H10ClN5OS/c15-12-2-1-9(22-12)7-17-13-4-11(19-20-13)10-3-8(5-16)6-18-14(10)21/h1-4,6H,7H2,(H,18,21)(H2,17,19,20). The summed E-state index contributed by atoms with van der Waals surface area (Å²) in [5.41, 5.74) is 0.912. The first kappa shape index (κ1) is 14.4. The summed E-state index contributed by atoms with van der Waals surface area (Å²) in [6.07, 6.45) is 1.37. The zero-order chi connectivity index (χ0) is 15.5. The molecule has 0 aliphatic carbocycles. The van der Waals surface area contributed by atoms with Crippen molar-refractivity contribution in [3.05, 3.63) is 55.6 Å². The number of hydrogen-bond acceptors (Lipinski definition) is 5. The molecule has 6 nitrogen and oxygen atoms in total. The fourth-order valence-corrected chi connectivity index (χ4v) is 2.95. The number of rotatable bonds is 4. The van der Waals surface area contributed by atoms with Gasteiger partial charge in [0.25, 0.3) is 5.56 Å². The highest BCUT2D eigenvalue weighted by Crippen LogP contribution is 2.23. The Morgan fingerprint density at radius 1 is 1.41 bits per heavy atom. The molecule has 0 radical (unpaired) electrons. The smallest absolute Gasteiger partial charge is 0.257 e. The van der Waals surface area contributed by atoms with Gasteiger partial charge in [0, 0.05) is 17.1 Å². The third kappa shape index (κ3) is 3.03. The number of aromatic nitrogens is 3. The van der Waals surface area contributed by atoms with Gasteiger partial charge < -0.3 is 10.3 Å². The average molecular weight is 332 g/mol. The SMILES string of the molecule is N#Cc1c[nH]c(=O)c(-c2cc(NCc3ccc(Cl)s3)[nH]n2)c1. The van der Waals surface area contributed by atoms with Gasteiger partial charge in [-0.15, -0.1) is 11.3 Å². The summed E-state index contributed by atoms with van der Waals surface area (Å²) in [7, 11) is 0. The largest absolute Gasteiger partial charge is 0.366 e. The summed E-state index contributed by atoms with van der Waals surface area (Å²) in [6, 6.07) is 9.00. The summed E-state index contributed by atoms with van der Waals surface area (Å²) >= 11 is 7.37. The van der Waals surface area contributed by atoms with Crippen molar-refractivity contribution in [2.24, 2.45) is 0 Å². The van der Waals surface area contributed by atoms with Crippen LogP contribution in [0.2, 0.25) is 4.34 Å². The maximum Gasteiger partial charge on any atom is 0.257 e. The Morgan fingerprint density at radius 3 is 3.00 bits per heavy atom. The van der Waals surface area contributed by atoms with Crippen molar-refractivity contribution in [2.45, 2.75) is 6.54 Å². The number of pyridine rings is 1. The Morgan fingerprint density at radius 2 is 2.27 bits per heavy atom. The molecule has 3 heterocycles. The van der Waals surface area contributed by atoms with Crippen LogP contribution in [0.25, 0.3) is 11.3 Å². The lowest BCUT2D eigenvalue weighted by atomic mass is 10.1. The normalized spacial score (nSPS) is 10.4. The Bertz CT molecular complexity index is 904. The first-order valence-corrected chi connectivity index (χ1v) is 7.52. The summed E-state index contributed by atoms with van der Waals surface area (Å²) in [6.45, 7) is 0.605.